The molecule has 2 fully saturated rings. The molecule has 0 unspecified atom stereocenters. The van der Waals surface area contributed by atoms with Crippen LogP contribution >= 0.6 is 0 Å². The quantitative estimate of drug-likeness (QED) is 0.779. The van der Waals surface area contributed by atoms with Gasteiger partial charge in [-0.1, -0.05) is 18.2 Å². The van der Waals surface area contributed by atoms with E-state index in [-0.39, 0.29) is 5.91 Å². The monoisotopic (exact) mass is 369 g/mol. The number of anilines is 1. The van der Waals surface area contributed by atoms with Crippen molar-refractivity contribution in [3.05, 3.63) is 36.7 Å². The minimum Gasteiger partial charge on any atom is -0.369 e. The highest BCUT2D eigenvalue weighted by Crippen LogP contribution is 2.21. The van der Waals surface area contributed by atoms with Gasteiger partial charge in [0.15, 0.2) is 0 Å². The summed E-state index contributed by atoms with van der Waals surface area (Å²) in [6, 6.07) is 11.1. The first-order valence-electron chi connectivity index (χ1n) is 9.82. The molecule has 144 valence electrons. The minimum absolute atomic E-state index is 0.207. The summed E-state index contributed by atoms with van der Waals surface area (Å²) in [4.78, 5) is 19.6. The van der Waals surface area contributed by atoms with Crippen LogP contribution in [0.1, 0.15) is 19.3 Å². The summed E-state index contributed by atoms with van der Waals surface area (Å²) in [6.07, 6.45) is 4.28. The molecular weight excluding hydrogens is 342 g/mol. The van der Waals surface area contributed by atoms with E-state index in [1.807, 2.05) is 4.90 Å². The molecule has 1 aromatic heterocycles. The van der Waals surface area contributed by atoms with Crippen molar-refractivity contribution in [2.24, 2.45) is 0 Å². The Bertz CT molecular complexity index is 713. The molecule has 0 spiro atoms. The molecule has 0 radical (unpaired) electrons. The summed E-state index contributed by atoms with van der Waals surface area (Å²) >= 11 is 0. The number of tetrazole rings is 1. The lowest BCUT2D eigenvalue weighted by Gasteiger charge is -2.44. The van der Waals surface area contributed by atoms with Crippen molar-refractivity contribution in [2.45, 2.75) is 31.8 Å². The van der Waals surface area contributed by atoms with Crippen LogP contribution in [0.4, 0.5) is 5.69 Å². The number of likely N-dealkylation sites (tertiary alicyclic amines) is 1. The largest absolute Gasteiger partial charge is 0.369 e. The van der Waals surface area contributed by atoms with Gasteiger partial charge < -0.3 is 9.80 Å². The minimum atomic E-state index is 0.207. The Morgan fingerprint density at radius 1 is 1.07 bits per heavy atom. The Labute approximate surface area is 159 Å². The second-order valence-electron chi connectivity index (χ2n) is 7.32. The van der Waals surface area contributed by atoms with Crippen molar-refractivity contribution in [3.63, 3.8) is 0 Å². The molecule has 2 aromatic rings. The van der Waals surface area contributed by atoms with E-state index >= 15 is 0 Å². The number of hydrogen-bond donors (Lipinski definition) is 0. The molecule has 2 aliphatic rings. The predicted molar refractivity (Wildman–Crippen MR) is 102 cm³/mol. The van der Waals surface area contributed by atoms with Crippen LogP contribution in [-0.2, 0) is 11.3 Å². The van der Waals surface area contributed by atoms with Crippen LogP contribution in [0.3, 0.4) is 0 Å². The van der Waals surface area contributed by atoms with E-state index in [0.29, 0.717) is 19.0 Å². The number of rotatable bonds is 5. The highest BCUT2D eigenvalue weighted by Gasteiger charge is 2.29. The van der Waals surface area contributed by atoms with E-state index in [9.17, 15) is 4.79 Å². The van der Waals surface area contributed by atoms with Crippen molar-refractivity contribution in [1.29, 1.82) is 0 Å². The average molecular weight is 369 g/mol. The van der Waals surface area contributed by atoms with Gasteiger partial charge in [-0.15, -0.1) is 5.10 Å². The molecule has 0 N–H and O–H groups in total. The molecule has 0 aliphatic carbocycles. The first kappa shape index (κ1) is 17.9. The van der Waals surface area contributed by atoms with Gasteiger partial charge in [0.25, 0.3) is 0 Å². The fourth-order valence-corrected chi connectivity index (χ4v) is 4.11. The summed E-state index contributed by atoms with van der Waals surface area (Å²) in [5.74, 6) is 0.207. The van der Waals surface area contributed by atoms with Crippen LogP contribution in [0.5, 0.6) is 0 Å². The van der Waals surface area contributed by atoms with E-state index in [2.05, 4.69) is 55.7 Å². The third-order valence-electron chi connectivity index (χ3n) is 5.65. The summed E-state index contributed by atoms with van der Waals surface area (Å²) in [7, 11) is 0. The Balaban J connectivity index is 1.26. The fourth-order valence-electron chi connectivity index (χ4n) is 4.11. The van der Waals surface area contributed by atoms with Gasteiger partial charge in [0.05, 0.1) is 6.54 Å². The molecule has 2 saturated heterocycles. The summed E-state index contributed by atoms with van der Waals surface area (Å²) in [5.41, 5.74) is 1.31. The van der Waals surface area contributed by atoms with Gasteiger partial charge in [-0.05, 0) is 35.4 Å². The third kappa shape index (κ3) is 4.44. The zero-order chi connectivity index (χ0) is 18.5. The number of nitrogens with zero attached hydrogens (tertiary/aromatic N) is 7. The molecule has 1 atom stereocenters. The van der Waals surface area contributed by atoms with Gasteiger partial charge in [-0.3, -0.25) is 9.69 Å². The van der Waals surface area contributed by atoms with Crippen LogP contribution in [0.15, 0.2) is 36.7 Å². The number of amides is 1. The number of carbonyl (C=O) groups excluding carboxylic acids is 1. The molecule has 2 aliphatic heterocycles. The van der Waals surface area contributed by atoms with Crippen molar-refractivity contribution in [1.82, 2.24) is 30.0 Å². The molecule has 8 heteroatoms. The van der Waals surface area contributed by atoms with Crippen LogP contribution < -0.4 is 4.90 Å². The van der Waals surface area contributed by atoms with Crippen LogP contribution in [-0.4, -0.2) is 81.2 Å². The summed E-state index contributed by atoms with van der Waals surface area (Å²) < 4.78 is 1.61. The number of benzene rings is 1. The van der Waals surface area contributed by atoms with Gasteiger partial charge >= 0.3 is 0 Å². The second-order valence-corrected chi connectivity index (χ2v) is 7.32. The Hall–Kier alpha value is -2.48. The first-order chi connectivity index (χ1) is 13.3. The molecule has 3 heterocycles. The fraction of sp³-hybridized carbons (Fsp3) is 0.579. The SMILES string of the molecule is O=C(CCn1cnnn1)N1CCC[C@H](N2CCN(c3ccccc3)CC2)C1. The number of piperazine rings is 1. The van der Waals surface area contributed by atoms with Crippen LogP contribution in [0.25, 0.3) is 0 Å². The molecule has 0 saturated carbocycles. The van der Waals surface area contributed by atoms with E-state index in [0.717, 1.165) is 45.7 Å². The molecule has 27 heavy (non-hydrogen) atoms. The maximum atomic E-state index is 12.6. The van der Waals surface area contributed by atoms with Crippen molar-refractivity contribution in [3.8, 4) is 0 Å². The third-order valence-corrected chi connectivity index (χ3v) is 5.65. The average Bonchev–Trinajstić information content (AvgIpc) is 3.27. The van der Waals surface area contributed by atoms with E-state index in [1.54, 1.807) is 11.0 Å². The van der Waals surface area contributed by atoms with Crippen LogP contribution in [0, 0.1) is 0 Å². The van der Waals surface area contributed by atoms with Gasteiger partial charge in [-0.2, -0.15) is 0 Å². The van der Waals surface area contributed by atoms with Gasteiger partial charge in [-0.25, -0.2) is 4.68 Å². The van der Waals surface area contributed by atoms with Crippen LogP contribution in [0.2, 0.25) is 0 Å². The highest BCUT2D eigenvalue weighted by atomic mass is 16.2. The standard InChI is InChI=1S/C19H27N7O/c27-19(8-10-26-16-20-21-22-26)25-9-4-7-18(15-25)24-13-11-23(12-14-24)17-5-2-1-3-6-17/h1-3,5-6,16,18H,4,7-15H2/t18-/m0/s1. The lowest BCUT2D eigenvalue weighted by molar-refractivity contribution is -0.133. The lowest BCUT2D eigenvalue weighted by Crippen LogP contribution is -2.55. The predicted octanol–water partition coefficient (Wildman–Crippen LogP) is 0.876. The molecule has 4 rings (SSSR count). The maximum absolute atomic E-state index is 12.6. The molecule has 8 nitrogen and oxygen atoms in total. The number of hydrogen-bond acceptors (Lipinski definition) is 6. The summed E-state index contributed by atoms with van der Waals surface area (Å²) in [6.45, 7) is 6.48. The second kappa shape index (κ2) is 8.47. The van der Waals surface area contributed by atoms with E-state index < -0.39 is 0 Å². The van der Waals surface area contributed by atoms with E-state index in [1.165, 1.54) is 12.1 Å². The number of piperidine rings is 1. The normalized spacial score (nSPS) is 21.4. The smallest absolute Gasteiger partial charge is 0.224 e. The molecule has 1 aromatic carbocycles. The maximum Gasteiger partial charge on any atom is 0.224 e. The van der Waals surface area contributed by atoms with Crippen molar-refractivity contribution in [2.75, 3.05) is 44.2 Å². The van der Waals surface area contributed by atoms with Crippen molar-refractivity contribution >= 4 is 11.6 Å². The first-order valence-corrected chi connectivity index (χ1v) is 9.82. The Kier molecular flexibility index (Phi) is 5.62. The zero-order valence-corrected chi connectivity index (χ0v) is 15.7. The molecule has 0 bridgehead atoms. The molecular formula is C19H27N7O. The van der Waals surface area contributed by atoms with Crippen molar-refractivity contribution < 1.29 is 4.79 Å². The van der Waals surface area contributed by atoms with Gasteiger partial charge in [0.2, 0.25) is 5.91 Å². The van der Waals surface area contributed by atoms with E-state index in [4.69, 9.17) is 0 Å². The topological polar surface area (TPSA) is 70.4 Å². The highest BCUT2D eigenvalue weighted by molar-refractivity contribution is 5.76. The lowest BCUT2D eigenvalue weighted by atomic mass is 10.0. The zero-order valence-electron chi connectivity index (χ0n) is 15.7. The van der Waals surface area contributed by atoms with Gasteiger partial charge in [0.1, 0.15) is 6.33 Å². The van der Waals surface area contributed by atoms with Gasteiger partial charge in [0, 0.05) is 57.4 Å². The Morgan fingerprint density at radius 2 is 1.89 bits per heavy atom. The number of para-hydroxylation sites is 1. The molecule has 1 amide bonds. The number of aromatic nitrogens is 4. The number of aryl methyl sites for hydroxylation is 1. The number of carbonyl (C=O) groups is 1. The Morgan fingerprint density at radius 3 is 2.63 bits per heavy atom. The summed E-state index contributed by atoms with van der Waals surface area (Å²) in [5, 5.41) is 11.0.